The molecular weight excluding hydrogens is 491 g/mol. The number of β-amino-alcohol motifs (C(OH)–C–C–N with tert-alkyl or cyclic N) is 1. The van der Waals surface area contributed by atoms with Gasteiger partial charge in [0.25, 0.3) is 11.8 Å². The number of hydrogen-bond acceptors (Lipinski definition) is 6. The van der Waals surface area contributed by atoms with Crippen LogP contribution in [-0.4, -0.2) is 62.3 Å². The zero-order valence-electron chi connectivity index (χ0n) is 21.5. The Morgan fingerprint density at radius 3 is 2.76 bits per heavy atom. The molecule has 1 aromatic carbocycles. The van der Waals surface area contributed by atoms with Crippen LogP contribution in [0.25, 0.3) is 16.5 Å². The lowest BCUT2D eigenvalue weighted by Crippen LogP contribution is -2.48. The van der Waals surface area contributed by atoms with Crippen LogP contribution in [0, 0.1) is 13.8 Å². The van der Waals surface area contributed by atoms with E-state index in [-0.39, 0.29) is 18.4 Å². The minimum absolute atomic E-state index is 0.156. The molecule has 10 heteroatoms. The molecule has 2 amide bonds. The molecule has 3 atom stereocenters. The summed E-state index contributed by atoms with van der Waals surface area (Å²) in [5.41, 5.74) is 1.86. The molecule has 1 saturated heterocycles. The van der Waals surface area contributed by atoms with E-state index in [9.17, 15) is 19.1 Å². The number of aryl methyl sites for hydroxylation is 2. The lowest BCUT2D eigenvalue weighted by Gasteiger charge is -2.30. The predicted octanol–water partition coefficient (Wildman–Crippen LogP) is 4.32. The number of carbonyl (C=O) groups excluding carboxylic acids is 2. The van der Waals surface area contributed by atoms with E-state index in [1.165, 1.54) is 0 Å². The average molecular weight is 521 g/mol. The zero-order chi connectivity index (χ0) is 26.8. The van der Waals surface area contributed by atoms with E-state index >= 15 is 0 Å². The molecule has 3 aromatic heterocycles. The number of halogens is 1. The van der Waals surface area contributed by atoms with Crippen LogP contribution in [0.15, 0.2) is 41.1 Å². The third-order valence-corrected chi connectivity index (χ3v) is 7.66. The van der Waals surface area contributed by atoms with Crippen molar-refractivity contribution >= 4 is 28.3 Å². The van der Waals surface area contributed by atoms with Crippen LogP contribution in [0.1, 0.15) is 58.2 Å². The van der Waals surface area contributed by atoms with E-state index in [1.54, 1.807) is 59.9 Å². The molecule has 9 nitrogen and oxygen atoms in total. The van der Waals surface area contributed by atoms with Gasteiger partial charge in [0.05, 0.1) is 29.0 Å². The normalized spacial score (nSPS) is 23.1. The predicted molar refractivity (Wildman–Crippen MR) is 137 cm³/mol. The number of benzene rings is 1. The molecule has 1 aliphatic carbocycles. The molecule has 2 fully saturated rings. The number of hydrogen-bond donors (Lipinski definition) is 2. The molecule has 6 rings (SSSR count). The summed E-state index contributed by atoms with van der Waals surface area (Å²) >= 11 is 0. The minimum Gasteiger partial charge on any atom is -0.460 e. The smallest absolute Gasteiger partial charge is 0.255 e. The van der Waals surface area contributed by atoms with Gasteiger partial charge in [-0.1, -0.05) is 0 Å². The number of nitrogens with one attached hydrogen (secondary N) is 1. The Labute approximate surface area is 218 Å². The summed E-state index contributed by atoms with van der Waals surface area (Å²) in [6.07, 6.45) is 3.90. The Bertz CT molecular complexity index is 1590. The topological polar surface area (TPSA) is 109 Å². The van der Waals surface area contributed by atoms with Crippen LogP contribution in [0.5, 0.6) is 11.5 Å². The SMILES string of the molecule is Cc1oc2cc(Oc3ccnn4cc(C(=O)N5CC[C@@](C)(O)C5)c(C)c34)ccc2c1C(=O)N[C@@H]1CC[C@@H]1F. The first-order chi connectivity index (χ1) is 18.1. The van der Waals surface area contributed by atoms with E-state index < -0.39 is 17.8 Å². The van der Waals surface area contributed by atoms with Gasteiger partial charge in [-0.15, -0.1) is 0 Å². The van der Waals surface area contributed by atoms with Gasteiger partial charge in [-0.2, -0.15) is 5.10 Å². The van der Waals surface area contributed by atoms with Crippen LogP contribution < -0.4 is 10.1 Å². The van der Waals surface area contributed by atoms with Gasteiger partial charge in [-0.3, -0.25) is 9.59 Å². The molecule has 4 heterocycles. The largest absolute Gasteiger partial charge is 0.460 e. The Kier molecular flexibility index (Phi) is 5.68. The van der Waals surface area contributed by atoms with Gasteiger partial charge < -0.3 is 24.5 Å². The highest BCUT2D eigenvalue weighted by atomic mass is 19.1. The summed E-state index contributed by atoms with van der Waals surface area (Å²) in [7, 11) is 0. The number of likely N-dealkylation sites (tertiary alicyclic amines) is 1. The van der Waals surface area contributed by atoms with Crippen molar-refractivity contribution < 1.29 is 28.2 Å². The molecule has 198 valence electrons. The van der Waals surface area contributed by atoms with Crippen molar-refractivity contribution in [1.29, 1.82) is 0 Å². The number of carbonyl (C=O) groups is 2. The molecular formula is C28H29FN4O5. The highest BCUT2D eigenvalue weighted by Crippen LogP contribution is 2.35. The lowest BCUT2D eigenvalue weighted by atomic mass is 9.90. The first kappa shape index (κ1) is 24.4. The highest BCUT2D eigenvalue weighted by Gasteiger charge is 2.36. The third kappa shape index (κ3) is 4.09. The first-order valence-corrected chi connectivity index (χ1v) is 12.8. The van der Waals surface area contributed by atoms with Gasteiger partial charge in [0.2, 0.25) is 0 Å². The molecule has 0 bridgehead atoms. The molecule has 1 aliphatic heterocycles. The minimum atomic E-state index is -1.01. The number of nitrogens with zero attached hydrogens (tertiary/aromatic N) is 3. The number of amides is 2. The molecule has 2 aliphatic rings. The number of aromatic nitrogens is 2. The Morgan fingerprint density at radius 2 is 2.08 bits per heavy atom. The molecule has 0 radical (unpaired) electrons. The van der Waals surface area contributed by atoms with Crippen LogP contribution in [0.3, 0.4) is 0 Å². The van der Waals surface area contributed by atoms with Gasteiger partial charge >= 0.3 is 0 Å². The fourth-order valence-electron chi connectivity index (χ4n) is 5.34. The lowest BCUT2D eigenvalue weighted by molar-refractivity contribution is 0.0572. The fraction of sp³-hybridized carbons (Fsp3) is 0.393. The summed E-state index contributed by atoms with van der Waals surface area (Å²) in [5.74, 6) is 0.930. The van der Waals surface area contributed by atoms with Crippen molar-refractivity contribution in [2.75, 3.05) is 13.1 Å². The molecule has 4 aromatic rings. The van der Waals surface area contributed by atoms with E-state index in [1.807, 2.05) is 6.92 Å². The van der Waals surface area contributed by atoms with Crippen LogP contribution >= 0.6 is 0 Å². The monoisotopic (exact) mass is 520 g/mol. The van der Waals surface area contributed by atoms with E-state index in [0.29, 0.717) is 70.7 Å². The quantitative estimate of drug-likeness (QED) is 0.406. The first-order valence-electron chi connectivity index (χ1n) is 12.8. The fourth-order valence-corrected chi connectivity index (χ4v) is 5.34. The number of ether oxygens (including phenoxy) is 1. The Balaban J connectivity index is 1.28. The molecule has 0 unspecified atom stereocenters. The summed E-state index contributed by atoms with van der Waals surface area (Å²) in [6.45, 7) is 6.06. The molecule has 1 saturated carbocycles. The number of rotatable bonds is 5. The molecule has 0 spiro atoms. The van der Waals surface area contributed by atoms with E-state index in [4.69, 9.17) is 9.15 Å². The van der Waals surface area contributed by atoms with Crippen LogP contribution in [-0.2, 0) is 0 Å². The number of alkyl halides is 1. The van der Waals surface area contributed by atoms with Crippen molar-refractivity contribution in [2.45, 2.75) is 57.8 Å². The average Bonchev–Trinajstić information content (AvgIpc) is 3.52. The second-order valence-corrected chi connectivity index (χ2v) is 10.6. The van der Waals surface area contributed by atoms with Crippen molar-refractivity contribution in [1.82, 2.24) is 19.8 Å². The summed E-state index contributed by atoms with van der Waals surface area (Å²) in [5, 5.41) is 18.0. The van der Waals surface area contributed by atoms with Crippen LogP contribution in [0.4, 0.5) is 4.39 Å². The highest BCUT2D eigenvalue weighted by molar-refractivity contribution is 6.07. The van der Waals surface area contributed by atoms with Crippen molar-refractivity contribution in [3.05, 3.63) is 59.1 Å². The Morgan fingerprint density at radius 1 is 1.26 bits per heavy atom. The summed E-state index contributed by atoms with van der Waals surface area (Å²) in [6, 6.07) is 6.46. The second-order valence-electron chi connectivity index (χ2n) is 10.6. The maximum Gasteiger partial charge on any atom is 0.255 e. The summed E-state index contributed by atoms with van der Waals surface area (Å²) < 4.78 is 27.3. The van der Waals surface area contributed by atoms with E-state index in [0.717, 1.165) is 5.56 Å². The van der Waals surface area contributed by atoms with Crippen molar-refractivity contribution in [3.63, 3.8) is 0 Å². The van der Waals surface area contributed by atoms with Gasteiger partial charge in [0.15, 0.2) is 5.75 Å². The van der Waals surface area contributed by atoms with Gasteiger partial charge in [-0.25, -0.2) is 8.91 Å². The number of aliphatic hydroxyl groups is 1. The van der Waals surface area contributed by atoms with Gasteiger partial charge in [0, 0.05) is 36.8 Å². The van der Waals surface area contributed by atoms with Crippen molar-refractivity contribution in [2.24, 2.45) is 0 Å². The number of fused-ring (bicyclic) bond motifs is 2. The summed E-state index contributed by atoms with van der Waals surface area (Å²) in [4.78, 5) is 27.7. The van der Waals surface area contributed by atoms with Gasteiger partial charge in [-0.05, 0) is 57.7 Å². The number of furan rings is 1. The zero-order valence-corrected chi connectivity index (χ0v) is 21.5. The van der Waals surface area contributed by atoms with Crippen molar-refractivity contribution in [3.8, 4) is 11.5 Å². The van der Waals surface area contributed by atoms with Crippen LogP contribution in [0.2, 0.25) is 0 Å². The molecule has 2 N–H and O–H groups in total. The maximum atomic E-state index is 13.7. The maximum absolute atomic E-state index is 13.7. The second kappa shape index (κ2) is 8.83. The van der Waals surface area contributed by atoms with Gasteiger partial charge in [0.1, 0.15) is 28.8 Å². The standard InChI is InChI=1S/C28H29FN4O5/c1-15-19(27(35)32-11-9-28(3,36)14-32)13-33-25(15)22(8-10-30-33)38-17-4-5-18-23(12-17)37-16(2)24(18)26(34)31-21-7-6-20(21)29/h4-5,8,10,12-13,20-21,36H,6-7,9,11,14H2,1-3H3,(H,31,34)/t20-,21+,28+/m0/s1. The third-order valence-electron chi connectivity index (χ3n) is 7.66. The van der Waals surface area contributed by atoms with E-state index in [2.05, 4.69) is 10.4 Å². The Hall–Kier alpha value is -3.92. The molecule has 38 heavy (non-hydrogen) atoms.